The van der Waals surface area contributed by atoms with Gasteiger partial charge in [0.25, 0.3) is 0 Å². The van der Waals surface area contributed by atoms with Gasteiger partial charge in [0.1, 0.15) is 6.04 Å². The fourth-order valence-corrected chi connectivity index (χ4v) is 3.11. The summed E-state index contributed by atoms with van der Waals surface area (Å²) >= 11 is 0. The minimum atomic E-state index is -3.22. The Balaban J connectivity index is 2.22. The highest BCUT2D eigenvalue weighted by Crippen LogP contribution is 2.25. The van der Waals surface area contributed by atoms with Crippen molar-refractivity contribution in [2.75, 3.05) is 26.0 Å². The third-order valence-corrected chi connectivity index (χ3v) is 4.87. The van der Waals surface area contributed by atoms with Gasteiger partial charge in [-0.1, -0.05) is 12.1 Å². The van der Waals surface area contributed by atoms with Gasteiger partial charge in [0.2, 0.25) is 0 Å². The molecule has 2 unspecified atom stereocenters. The molecule has 2 rings (SSSR count). The van der Waals surface area contributed by atoms with Crippen LogP contribution in [0.4, 0.5) is 0 Å². The Morgan fingerprint density at radius 2 is 2.00 bits per heavy atom. The lowest BCUT2D eigenvalue weighted by molar-refractivity contribution is -0.151. The topological polar surface area (TPSA) is 83.9 Å². The van der Waals surface area contributed by atoms with Crippen LogP contribution in [0.3, 0.4) is 0 Å². The summed E-state index contributed by atoms with van der Waals surface area (Å²) in [6.07, 6.45) is 1.16. The molecular weight excluding hydrogens is 294 g/mol. The standard InChI is InChI=1S/C14H19NO5S/c1-10(15-7-8-20-9-13(15)14(16)17)11-3-5-12(6-4-11)21(2,18)19/h3-6,10,13H,7-9H2,1-2H3,(H,16,17). The monoisotopic (exact) mass is 313 g/mol. The predicted molar refractivity (Wildman–Crippen MR) is 76.9 cm³/mol. The van der Waals surface area contributed by atoms with Gasteiger partial charge in [0.05, 0.1) is 18.1 Å². The van der Waals surface area contributed by atoms with Crippen LogP contribution in [0.5, 0.6) is 0 Å². The smallest absolute Gasteiger partial charge is 0.323 e. The third-order valence-electron chi connectivity index (χ3n) is 3.74. The van der Waals surface area contributed by atoms with E-state index in [-0.39, 0.29) is 17.5 Å². The molecule has 0 aromatic heterocycles. The van der Waals surface area contributed by atoms with Gasteiger partial charge in [-0.3, -0.25) is 9.69 Å². The van der Waals surface area contributed by atoms with Crippen molar-refractivity contribution in [3.8, 4) is 0 Å². The van der Waals surface area contributed by atoms with Crippen molar-refractivity contribution in [2.45, 2.75) is 23.9 Å². The van der Waals surface area contributed by atoms with Crippen LogP contribution in [-0.4, -0.2) is 56.4 Å². The highest BCUT2D eigenvalue weighted by Gasteiger charge is 2.32. The molecule has 0 bridgehead atoms. The van der Waals surface area contributed by atoms with Gasteiger partial charge in [0, 0.05) is 18.8 Å². The Morgan fingerprint density at radius 3 is 2.52 bits per heavy atom. The number of morpholine rings is 1. The molecule has 1 fully saturated rings. The number of carboxylic acid groups (broad SMARTS) is 1. The van der Waals surface area contributed by atoms with Crippen LogP contribution in [0.1, 0.15) is 18.5 Å². The molecule has 0 radical (unpaired) electrons. The number of benzene rings is 1. The molecule has 1 heterocycles. The van der Waals surface area contributed by atoms with Gasteiger partial charge in [-0.2, -0.15) is 0 Å². The lowest BCUT2D eigenvalue weighted by atomic mass is 10.0. The molecule has 1 aromatic rings. The number of hydrogen-bond donors (Lipinski definition) is 1. The summed E-state index contributed by atoms with van der Waals surface area (Å²) in [4.78, 5) is 13.4. The van der Waals surface area contributed by atoms with Crippen molar-refractivity contribution in [1.29, 1.82) is 0 Å². The van der Waals surface area contributed by atoms with Crippen molar-refractivity contribution in [3.05, 3.63) is 29.8 Å². The van der Waals surface area contributed by atoms with Crippen LogP contribution in [0, 0.1) is 0 Å². The van der Waals surface area contributed by atoms with Gasteiger partial charge in [-0.15, -0.1) is 0 Å². The number of rotatable bonds is 4. The van der Waals surface area contributed by atoms with Gasteiger partial charge < -0.3 is 9.84 Å². The Kier molecular flexibility index (Phi) is 4.65. The number of ether oxygens (including phenoxy) is 1. The van der Waals surface area contributed by atoms with E-state index in [4.69, 9.17) is 4.74 Å². The molecule has 1 aliphatic rings. The first-order valence-electron chi connectivity index (χ1n) is 6.67. The maximum Gasteiger partial charge on any atom is 0.323 e. The second kappa shape index (κ2) is 6.13. The van der Waals surface area contributed by atoms with E-state index in [0.717, 1.165) is 11.8 Å². The van der Waals surface area contributed by atoms with Crippen molar-refractivity contribution >= 4 is 15.8 Å². The van der Waals surface area contributed by atoms with Crippen LogP contribution >= 0.6 is 0 Å². The number of nitrogens with zero attached hydrogens (tertiary/aromatic N) is 1. The predicted octanol–water partition coefficient (Wildman–Crippen LogP) is 0.937. The average Bonchev–Trinajstić information content (AvgIpc) is 2.45. The number of carbonyl (C=O) groups is 1. The second-order valence-corrected chi connectivity index (χ2v) is 7.20. The molecule has 1 saturated heterocycles. The van der Waals surface area contributed by atoms with E-state index in [1.54, 1.807) is 24.3 Å². The van der Waals surface area contributed by atoms with Gasteiger partial charge in [-0.25, -0.2) is 8.42 Å². The lowest BCUT2D eigenvalue weighted by Crippen LogP contribution is -2.50. The third kappa shape index (κ3) is 3.61. The normalized spacial score (nSPS) is 21.9. The molecule has 0 amide bonds. The molecule has 1 aromatic carbocycles. The molecule has 0 saturated carbocycles. The molecule has 7 heteroatoms. The summed E-state index contributed by atoms with van der Waals surface area (Å²) < 4.78 is 28.1. The van der Waals surface area contributed by atoms with Crippen molar-refractivity contribution in [2.24, 2.45) is 0 Å². The Labute approximate surface area is 124 Å². The van der Waals surface area contributed by atoms with E-state index in [2.05, 4.69) is 0 Å². The minimum Gasteiger partial charge on any atom is -0.480 e. The van der Waals surface area contributed by atoms with E-state index in [1.165, 1.54) is 0 Å². The molecule has 1 N–H and O–H groups in total. The van der Waals surface area contributed by atoms with Gasteiger partial charge >= 0.3 is 5.97 Å². The summed E-state index contributed by atoms with van der Waals surface area (Å²) in [5.74, 6) is -0.908. The van der Waals surface area contributed by atoms with Crippen LogP contribution < -0.4 is 0 Å². The summed E-state index contributed by atoms with van der Waals surface area (Å²) in [7, 11) is -3.22. The van der Waals surface area contributed by atoms with Crippen molar-refractivity contribution < 1.29 is 23.1 Å². The summed E-state index contributed by atoms with van der Waals surface area (Å²) in [6.45, 7) is 3.11. The van der Waals surface area contributed by atoms with Crippen molar-refractivity contribution in [1.82, 2.24) is 4.90 Å². The fraction of sp³-hybridized carbons (Fsp3) is 0.500. The summed E-state index contributed by atoms with van der Waals surface area (Å²) in [5.41, 5.74) is 0.885. The molecular formula is C14H19NO5S. The highest BCUT2D eigenvalue weighted by molar-refractivity contribution is 7.90. The Hall–Kier alpha value is -1.44. The first-order valence-corrected chi connectivity index (χ1v) is 8.56. The van der Waals surface area contributed by atoms with Crippen LogP contribution in [0.2, 0.25) is 0 Å². The maximum atomic E-state index is 11.5. The molecule has 2 atom stereocenters. The molecule has 0 aliphatic carbocycles. The number of hydrogen-bond acceptors (Lipinski definition) is 5. The molecule has 0 spiro atoms. The second-order valence-electron chi connectivity index (χ2n) is 5.18. The molecule has 116 valence electrons. The highest BCUT2D eigenvalue weighted by atomic mass is 32.2. The molecule has 21 heavy (non-hydrogen) atoms. The zero-order valence-corrected chi connectivity index (χ0v) is 12.8. The van der Waals surface area contributed by atoms with Gasteiger partial charge in [0.15, 0.2) is 9.84 Å². The summed E-state index contributed by atoms with van der Waals surface area (Å²) in [5, 5.41) is 9.25. The van der Waals surface area contributed by atoms with E-state index >= 15 is 0 Å². The van der Waals surface area contributed by atoms with E-state index < -0.39 is 21.8 Å². The lowest BCUT2D eigenvalue weighted by Gasteiger charge is -2.37. The number of aliphatic carboxylic acids is 1. The fourth-order valence-electron chi connectivity index (χ4n) is 2.48. The first-order chi connectivity index (χ1) is 9.80. The van der Waals surface area contributed by atoms with Crippen molar-refractivity contribution in [3.63, 3.8) is 0 Å². The van der Waals surface area contributed by atoms with E-state index in [0.29, 0.717) is 13.2 Å². The molecule has 6 nitrogen and oxygen atoms in total. The minimum absolute atomic E-state index is 0.122. The zero-order valence-electron chi connectivity index (χ0n) is 12.0. The van der Waals surface area contributed by atoms with Crippen LogP contribution in [0.25, 0.3) is 0 Å². The van der Waals surface area contributed by atoms with Crippen LogP contribution in [0.15, 0.2) is 29.2 Å². The average molecular weight is 313 g/mol. The zero-order chi connectivity index (χ0) is 15.6. The quantitative estimate of drug-likeness (QED) is 0.890. The first kappa shape index (κ1) is 15.9. The molecule has 1 aliphatic heterocycles. The van der Waals surface area contributed by atoms with Crippen LogP contribution in [-0.2, 0) is 19.4 Å². The maximum absolute atomic E-state index is 11.5. The SMILES string of the molecule is CC(c1ccc(S(C)(=O)=O)cc1)N1CCOCC1C(=O)O. The largest absolute Gasteiger partial charge is 0.480 e. The Morgan fingerprint density at radius 1 is 1.38 bits per heavy atom. The number of carboxylic acids is 1. The van der Waals surface area contributed by atoms with E-state index in [1.807, 2.05) is 11.8 Å². The summed E-state index contributed by atoms with van der Waals surface area (Å²) in [6, 6.07) is 5.77. The number of sulfone groups is 1. The Bertz CT molecular complexity index is 611. The van der Waals surface area contributed by atoms with Gasteiger partial charge in [-0.05, 0) is 24.6 Å². The van der Waals surface area contributed by atoms with E-state index in [9.17, 15) is 18.3 Å².